The van der Waals surface area contributed by atoms with Gasteiger partial charge in [0.1, 0.15) is 0 Å². The van der Waals surface area contributed by atoms with Crippen LogP contribution in [-0.4, -0.2) is 38.4 Å². The number of benzene rings is 2. The average Bonchev–Trinajstić information content (AvgIpc) is 3.37. The summed E-state index contributed by atoms with van der Waals surface area (Å²) in [5.41, 5.74) is 2.21. The van der Waals surface area contributed by atoms with Crippen LogP contribution >= 0.6 is 0 Å². The third-order valence-corrected chi connectivity index (χ3v) is 5.96. The summed E-state index contributed by atoms with van der Waals surface area (Å²) in [6.07, 6.45) is 2.53. The van der Waals surface area contributed by atoms with Gasteiger partial charge in [-0.3, -0.25) is 19.6 Å². The minimum atomic E-state index is -3.09. The van der Waals surface area contributed by atoms with Crippen LogP contribution in [0.3, 0.4) is 0 Å². The van der Waals surface area contributed by atoms with Gasteiger partial charge in [-0.05, 0) is 18.1 Å². The largest absolute Gasteiger partial charge is 0.276 e. The van der Waals surface area contributed by atoms with Gasteiger partial charge < -0.3 is 0 Å². The van der Waals surface area contributed by atoms with Gasteiger partial charge >= 0.3 is 0 Å². The number of aromatic amines is 1. The molecule has 8 heteroatoms. The van der Waals surface area contributed by atoms with Crippen LogP contribution < -0.4 is 0 Å². The van der Waals surface area contributed by atoms with Crippen LogP contribution in [0, 0.1) is 0 Å². The molecule has 1 aliphatic rings. The molecule has 4 aromatic rings. The highest BCUT2D eigenvalue weighted by Gasteiger charge is 2.39. The molecule has 0 saturated heterocycles. The first-order chi connectivity index (χ1) is 16.4. The Labute approximate surface area is 193 Å². The minimum absolute atomic E-state index is 0.180. The molecule has 0 bridgehead atoms. The van der Waals surface area contributed by atoms with E-state index in [1.54, 1.807) is 6.07 Å². The molecule has 170 valence electrons. The van der Waals surface area contributed by atoms with Crippen molar-refractivity contribution in [3.63, 3.8) is 0 Å². The second kappa shape index (κ2) is 8.30. The average molecular weight is 458 g/mol. The van der Waals surface area contributed by atoms with E-state index in [0.717, 1.165) is 5.56 Å². The van der Waals surface area contributed by atoms with Gasteiger partial charge in [-0.2, -0.15) is 5.10 Å². The second-order valence-electron chi connectivity index (χ2n) is 8.12. The Morgan fingerprint density at radius 1 is 1.06 bits per heavy atom. The van der Waals surface area contributed by atoms with E-state index in [1.165, 1.54) is 35.4 Å². The van der Waals surface area contributed by atoms with Crippen molar-refractivity contribution < 1.29 is 18.4 Å². The lowest BCUT2D eigenvalue weighted by Gasteiger charge is -2.15. The fourth-order valence-corrected chi connectivity index (χ4v) is 4.24. The Kier molecular flexibility index (Phi) is 5.28. The monoisotopic (exact) mass is 458 g/mol. The molecule has 2 aromatic heterocycles. The number of hydrogen-bond donors (Lipinski definition) is 1. The Balaban J connectivity index is 1.55. The normalized spacial score (nSPS) is 13.5. The van der Waals surface area contributed by atoms with E-state index in [1.807, 2.05) is 30.3 Å². The molecule has 0 radical (unpaired) electrons. The van der Waals surface area contributed by atoms with Crippen molar-refractivity contribution in [1.29, 1.82) is 0 Å². The summed E-state index contributed by atoms with van der Waals surface area (Å²) in [6, 6.07) is 15.4. The van der Waals surface area contributed by atoms with Crippen LogP contribution in [-0.2, 0) is 12.3 Å². The number of amides is 2. The number of carbonyl (C=O) groups is 2. The Morgan fingerprint density at radius 3 is 2.62 bits per heavy atom. The van der Waals surface area contributed by atoms with Gasteiger partial charge in [0.2, 0.25) is 0 Å². The van der Waals surface area contributed by atoms with Gasteiger partial charge in [0.05, 0.1) is 22.2 Å². The van der Waals surface area contributed by atoms with Crippen molar-refractivity contribution in [2.75, 3.05) is 6.54 Å². The minimum Gasteiger partial charge on any atom is -0.275 e. The fourth-order valence-electron chi connectivity index (χ4n) is 4.24. The van der Waals surface area contributed by atoms with Gasteiger partial charge in [-0.1, -0.05) is 54.6 Å². The summed E-state index contributed by atoms with van der Waals surface area (Å²) in [5.74, 6) is -3.96. The van der Waals surface area contributed by atoms with E-state index < -0.39 is 24.2 Å². The molecule has 5 rings (SSSR count). The molecular weight excluding hydrogens is 438 g/mol. The molecule has 0 unspecified atom stereocenters. The lowest BCUT2D eigenvalue weighted by Crippen LogP contribution is -2.31. The number of nitrogens with one attached hydrogen (secondary N) is 1. The summed E-state index contributed by atoms with van der Waals surface area (Å²) < 4.78 is 29.0. The Bertz CT molecular complexity index is 1430. The third-order valence-electron chi connectivity index (χ3n) is 5.96. The number of rotatable bonds is 7. The summed E-state index contributed by atoms with van der Waals surface area (Å²) in [4.78, 5) is 31.8. The van der Waals surface area contributed by atoms with Crippen LogP contribution in [0.2, 0.25) is 0 Å². The number of nitrogens with zero attached hydrogens (tertiary/aromatic N) is 3. The predicted molar refractivity (Wildman–Crippen MR) is 124 cm³/mol. The van der Waals surface area contributed by atoms with Crippen molar-refractivity contribution >= 4 is 22.8 Å². The van der Waals surface area contributed by atoms with Crippen molar-refractivity contribution in [3.8, 4) is 11.3 Å². The summed E-state index contributed by atoms with van der Waals surface area (Å²) in [7, 11) is 0. The number of allylic oxidation sites excluding steroid dienone is 1. The molecule has 0 aliphatic carbocycles. The second-order valence-corrected chi connectivity index (χ2v) is 8.12. The number of aromatic nitrogens is 3. The molecule has 6 nitrogen and oxygen atoms in total. The smallest absolute Gasteiger partial charge is 0.275 e. The standard InChI is InChI=1S/C26H20F2N4O2/c1-2-12-26(27,28)18-10-6-9-17(14-18)22-21-20-19(15-29-23(21)31-30-22)24(33)32(25(20)34)13-11-16-7-4-3-5-8-16/h2-10,14-15H,1,11-13H2,(H,29,30,31). The van der Waals surface area contributed by atoms with Crippen LogP contribution in [0.1, 0.15) is 38.3 Å². The Hall–Kier alpha value is -4.20. The van der Waals surface area contributed by atoms with E-state index in [4.69, 9.17) is 0 Å². The van der Waals surface area contributed by atoms with Gasteiger partial charge in [-0.15, -0.1) is 6.58 Å². The maximum Gasteiger partial charge on any atom is 0.276 e. The quantitative estimate of drug-likeness (QED) is 0.308. The topological polar surface area (TPSA) is 79.0 Å². The van der Waals surface area contributed by atoms with Crippen molar-refractivity contribution in [2.45, 2.75) is 18.8 Å². The van der Waals surface area contributed by atoms with E-state index in [2.05, 4.69) is 21.8 Å². The number of carbonyl (C=O) groups excluding carboxylic acids is 2. The highest BCUT2D eigenvalue weighted by Crippen LogP contribution is 2.37. The molecule has 2 amide bonds. The molecule has 1 N–H and O–H groups in total. The molecule has 0 saturated carbocycles. The van der Waals surface area contributed by atoms with E-state index in [9.17, 15) is 18.4 Å². The highest BCUT2D eigenvalue weighted by atomic mass is 19.3. The van der Waals surface area contributed by atoms with E-state index >= 15 is 0 Å². The molecule has 0 atom stereocenters. The third kappa shape index (κ3) is 3.57. The number of hydrogen-bond acceptors (Lipinski definition) is 4. The fraction of sp³-hybridized carbons (Fsp3) is 0.154. The van der Waals surface area contributed by atoms with Gasteiger partial charge in [-0.25, -0.2) is 13.8 Å². The maximum absolute atomic E-state index is 14.5. The van der Waals surface area contributed by atoms with Crippen LogP contribution in [0.25, 0.3) is 22.3 Å². The number of H-pyrrole nitrogens is 1. The molecular formula is C26H20F2N4O2. The van der Waals surface area contributed by atoms with Crippen LogP contribution in [0.4, 0.5) is 8.78 Å². The summed E-state index contributed by atoms with van der Waals surface area (Å²) in [6.45, 7) is 3.62. The zero-order valence-corrected chi connectivity index (χ0v) is 18.1. The predicted octanol–water partition coefficient (Wildman–Crippen LogP) is 5.13. The van der Waals surface area contributed by atoms with Crippen molar-refractivity contribution in [3.05, 3.63) is 95.7 Å². The first-order valence-corrected chi connectivity index (χ1v) is 10.8. The van der Waals surface area contributed by atoms with Crippen LogP contribution in [0.15, 0.2) is 73.4 Å². The first kappa shape index (κ1) is 21.6. The summed E-state index contributed by atoms with van der Waals surface area (Å²) >= 11 is 0. The zero-order chi connectivity index (χ0) is 23.9. The first-order valence-electron chi connectivity index (χ1n) is 10.8. The SMILES string of the molecule is C=CCC(F)(F)c1cccc(-c2[nH]nc3ncc4c(c23)C(=O)N(CCc2ccccc2)C4=O)c1. The van der Waals surface area contributed by atoms with Crippen molar-refractivity contribution in [1.82, 2.24) is 20.1 Å². The van der Waals surface area contributed by atoms with Crippen molar-refractivity contribution in [2.24, 2.45) is 0 Å². The Morgan fingerprint density at radius 2 is 1.85 bits per heavy atom. The number of halogens is 2. The molecule has 1 aliphatic heterocycles. The lowest BCUT2D eigenvalue weighted by atomic mass is 9.98. The van der Waals surface area contributed by atoms with Crippen LogP contribution in [0.5, 0.6) is 0 Å². The summed E-state index contributed by atoms with van der Waals surface area (Å²) in [5, 5.41) is 7.33. The molecule has 0 fully saturated rings. The zero-order valence-electron chi connectivity index (χ0n) is 18.1. The molecule has 0 spiro atoms. The van der Waals surface area contributed by atoms with Gasteiger partial charge in [0.15, 0.2) is 5.65 Å². The number of alkyl halides is 2. The van der Waals surface area contributed by atoms with E-state index in [0.29, 0.717) is 23.1 Å². The number of pyridine rings is 1. The van der Waals surface area contributed by atoms with Gasteiger partial charge in [0, 0.05) is 30.3 Å². The highest BCUT2D eigenvalue weighted by molar-refractivity contribution is 6.27. The number of imide groups is 1. The molecule has 3 heterocycles. The maximum atomic E-state index is 14.5. The number of fused-ring (bicyclic) bond motifs is 3. The molecule has 2 aromatic carbocycles. The van der Waals surface area contributed by atoms with Gasteiger partial charge in [0.25, 0.3) is 17.7 Å². The molecule has 34 heavy (non-hydrogen) atoms. The van der Waals surface area contributed by atoms with E-state index in [-0.39, 0.29) is 28.9 Å². The lowest BCUT2D eigenvalue weighted by molar-refractivity contribution is -0.000823.